The second-order valence-electron chi connectivity index (χ2n) is 8.82. The summed E-state index contributed by atoms with van der Waals surface area (Å²) in [7, 11) is 0. The molecule has 35 heavy (non-hydrogen) atoms. The summed E-state index contributed by atoms with van der Waals surface area (Å²) in [5, 5.41) is 14.5. The summed E-state index contributed by atoms with van der Waals surface area (Å²) in [5.74, 6) is -1.61. The molecule has 3 N–H and O–H groups in total. The third-order valence-corrected chi connectivity index (χ3v) is 7.32. The topological polar surface area (TPSA) is 105 Å². The zero-order valence-electron chi connectivity index (χ0n) is 18.7. The number of benzene rings is 3. The van der Waals surface area contributed by atoms with E-state index < -0.39 is 18.0 Å². The largest absolute Gasteiger partial charge is 0.481 e. The Labute approximate surface area is 210 Å². The monoisotopic (exact) mass is 534 g/mol. The first-order chi connectivity index (χ1) is 16.9. The number of carbonyl (C=O) groups is 3. The van der Waals surface area contributed by atoms with E-state index >= 15 is 0 Å². The summed E-state index contributed by atoms with van der Waals surface area (Å²) < 4.78 is 6.21. The van der Waals surface area contributed by atoms with Crippen LogP contribution < -0.4 is 10.6 Å². The van der Waals surface area contributed by atoms with Crippen LogP contribution in [0.2, 0.25) is 0 Å². The number of fused-ring (bicyclic) bond motifs is 3. The minimum absolute atomic E-state index is 0.0502. The second kappa shape index (κ2) is 9.54. The number of carbonyl (C=O) groups excluding carboxylic acids is 2. The van der Waals surface area contributed by atoms with Gasteiger partial charge in [0.2, 0.25) is 0 Å². The summed E-state index contributed by atoms with van der Waals surface area (Å²) in [6, 6.07) is 20.9. The molecule has 0 spiro atoms. The number of amides is 2. The Kier molecular flexibility index (Phi) is 6.30. The van der Waals surface area contributed by atoms with Gasteiger partial charge in [0.05, 0.1) is 11.6 Å². The van der Waals surface area contributed by atoms with Crippen LogP contribution in [-0.2, 0) is 9.53 Å². The minimum atomic E-state index is -0.839. The molecule has 0 saturated heterocycles. The van der Waals surface area contributed by atoms with Crippen LogP contribution >= 0.6 is 15.9 Å². The molecule has 0 aromatic heterocycles. The van der Waals surface area contributed by atoms with E-state index in [0.29, 0.717) is 28.6 Å². The highest BCUT2D eigenvalue weighted by molar-refractivity contribution is 9.10. The van der Waals surface area contributed by atoms with Gasteiger partial charge in [0, 0.05) is 22.0 Å². The molecule has 1 fully saturated rings. The van der Waals surface area contributed by atoms with Gasteiger partial charge in [0.1, 0.15) is 6.61 Å². The van der Waals surface area contributed by atoms with E-state index in [-0.39, 0.29) is 24.5 Å². The van der Waals surface area contributed by atoms with Crippen molar-refractivity contribution >= 4 is 39.6 Å². The summed E-state index contributed by atoms with van der Waals surface area (Å²) in [5.41, 5.74) is 5.33. The van der Waals surface area contributed by atoms with Crippen molar-refractivity contribution in [1.82, 2.24) is 5.32 Å². The van der Waals surface area contributed by atoms with E-state index in [4.69, 9.17) is 9.84 Å². The smallest absolute Gasteiger partial charge is 0.411 e. The van der Waals surface area contributed by atoms with Crippen LogP contribution in [0.25, 0.3) is 11.1 Å². The van der Waals surface area contributed by atoms with Gasteiger partial charge in [-0.3, -0.25) is 14.9 Å². The molecule has 0 unspecified atom stereocenters. The van der Waals surface area contributed by atoms with E-state index in [9.17, 15) is 14.4 Å². The molecular weight excluding hydrogens is 512 g/mol. The number of anilines is 1. The van der Waals surface area contributed by atoms with Crippen LogP contribution in [0.15, 0.2) is 71.2 Å². The van der Waals surface area contributed by atoms with Gasteiger partial charge >= 0.3 is 12.1 Å². The first-order valence-corrected chi connectivity index (χ1v) is 12.1. The van der Waals surface area contributed by atoms with Gasteiger partial charge in [0.15, 0.2) is 0 Å². The number of hydrogen-bond donors (Lipinski definition) is 3. The summed E-state index contributed by atoms with van der Waals surface area (Å²) in [4.78, 5) is 36.2. The predicted octanol–water partition coefficient (Wildman–Crippen LogP) is 5.40. The zero-order chi connectivity index (χ0) is 24.5. The molecule has 3 aromatic carbocycles. The fraction of sp³-hybridized carbons (Fsp3) is 0.222. The van der Waals surface area contributed by atoms with Gasteiger partial charge in [-0.2, -0.15) is 0 Å². The van der Waals surface area contributed by atoms with E-state index in [0.717, 1.165) is 22.3 Å². The highest BCUT2D eigenvalue weighted by Crippen LogP contribution is 2.44. The van der Waals surface area contributed by atoms with Crippen LogP contribution in [0, 0.1) is 5.92 Å². The number of nitrogens with one attached hydrogen (secondary N) is 2. The average molecular weight is 535 g/mol. The molecule has 3 aromatic rings. The lowest BCUT2D eigenvalue weighted by atomic mass is 9.80. The first kappa shape index (κ1) is 23.1. The Bertz CT molecular complexity index is 1270. The fourth-order valence-electron chi connectivity index (χ4n) is 4.71. The van der Waals surface area contributed by atoms with Crippen molar-refractivity contribution in [3.8, 4) is 11.1 Å². The highest BCUT2D eigenvalue weighted by Gasteiger charge is 2.35. The maximum absolute atomic E-state index is 12.6. The third-order valence-electron chi connectivity index (χ3n) is 6.63. The molecule has 0 atom stereocenters. The number of rotatable bonds is 6. The number of carboxylic acid groups (broad SMARTS) is 1. The maximum atomic E-state index is 12.6. The summed E-state index contributed by atoms with van der Waals surface area (Å²) in [6.45, 7) is 0.185. The Morgan fingerprint density at radius 1 is 0.943 bits per heavy atom. The summed E-state index contributed by atoms with van der Waals surface area (Å²) >= 11 is 3.40. The Hall–Kier alpha value is -3.65. The number of ether oxygens (including phenoxy) is 1. The number of aliphatic carboxylic acids is 1. The molecule has 2 aliphatic carbocycles. The zero-order valence-corrected chi connectivity index (χ0v) is 20.2. The van der Waals surface area contributed by atoms with Gasteiger partial charge < -0.3 is 15.2 Å². The van der Waals surface area contributed by atoms with Gasteiger partial charge in [-0.1, -0.05) is 48.5 Å². The van der Waals surface area contributed by atoms with Crippen molar-refractivity contribution in [3.63, 3.8) is 0 Å². The Morgan fingerprint density at radius 3 is 2.20 bits per heavy atom. The Morgan fingerprint density at radius 2 is 1.57 bits per heavy atom. The molecule has 8 heteroatoms. The number of carboxylic acids is 1. The normalized spacial score (nSPS) is 18.1. The van der Waals surface area contributed by atoms with E-state index in [1.807, 2.05) is 24.3 Å². The van der Waals surface area contributed by atoms with Crippen LogP contribution in [0.4, 0.5) is 10.5 Å². The molecule has 0 bridgehead atoms. The molecule has 5 rings (SSSR count). The van der Waals surface area contributed by atoms with Crippen LogP contribution in [0.5, 0.6) is 0 Å². The fourth-order valence-corrected chi connectivity index (χ4v) is 5.06. The Balaban J connectivity index is 1.22. The lowest BCUT2D eigenvalue weighted by Crippen LogP contribution is -2.46. The van der Waals surface area contributed by atoms with Crippen LogP contribution in [0.1, 0.15) is 40.2 Å². The maximum Gasteiger partial charge on any atom is 0.411 e. The SMILES string of the molecule is O=C(Nc1cc(C(=O)NC2CC(C(=O)O)C2)ccc1Br)OCC1c2ccccc2-c2ccccc21. The predicted molar refractivity (Wildman–Crippen MR) is 134 cm³/mol. The van der Waals surface area contributed by atoms with Crippen molar-refractivity contribution in [3.05, 3.63) is 87.9 Å². The minimum Gasteiger partial charge on any atom is -0.481 e. The lowest BCUT2D eigenvalue weighted by molar-refractivity contribution is -0.145. The third kappa shape index (κ3) is 4.66. The standard InChI is InChI=1S/C27H23BrN2O5/c28-23-10-9-15(25(31)29-17-11-16(12-17)26(32)33)13-24(23)30-27(34)35-14-22-20-7-3-1-5-18(20)19-6-2-4-8-21(19)22/h1-10,13,16-17,22H,11-12,14H2,(H,29,31)(H,30,34)(H,32,33). The molecule has 2 amide bonds. The molecule has 1 saturated carbocycles. The van der Waals surface area contributed by atoms with E-state index in [1.165, 1.54) is 0 Å². The number of halogens is 1. The van der Waals surface area contributed by atoms with Gasteiger partial charge in [-0.25, -0.2) is 4.79 Å². The quantitative estimate of drug-likeness (QED) is 0.392. The molecule has 178 valence electrons. The van der Waals surface area contributed by atoms with Gasteiger partial charge in [0.25, 0.3) is 5.91 Å². The molecular formula is C27H23BrN2O5. The van der Waals surface area contributed by atoms with Crippen molar-refractivity contribution in [2.75, 3.05) is 11.9 Å². The van der Waals surface area contributed by atoms with Crippen molar-refractivity contribution in [2.24, 2.45) is 5.92 Å². The molecule has 2 aliphatic rings. The first-order valence-electron chi connectivity index (χ1n) is 11.4. The lowest BCUT2D eigenvalue weighted by Gasteiger charge is -2.32. The van der Waals surface area contributed by atoms with Gasteiger partial charge in [-0.15, -0.1) is 0 Å². The van der Waals surface area contributed by atoms with E-state index in [2.05, 4.69) is 50.8 Å². The summed E-state index contributed by atoms with van der Waals surface area (Å²) in [6.07, 6.45) is 0.221. The van der Waals surface area contributed by atoms with Gasteiger partial charge in [-0.05, 0) is 69.2 Å². The highest BCUT2D eigenvalue weighted by atomic mass is 79.9. The average Bonchev–Trinajstić information content (AvgIpc) is 3.14. The molecule has 7 nitrogen and oxygen atoms in total. The van der Waals surface area contributed by atoms with E-state index in [1.54, 1.807) is 18.2 Å². The van der Waals surface area contributed by atoms with Crippen molar-refractivity contribution in [1.29, 1.82) is 0 Å². The molecule has 0 radical (unpaired) electrons. The second-order valence-corrected chi connectivity index (χ2v) is 9.68. The van der Waals surface area contributed by atoms with Crippen LogP contribution in [0.3, 0.4) is 0 Å². The molecule has 0 aliphatic heterocycles. The van der Waals surface area contributed by atoms with Crippen molar-refractivity contribution < 1.29 is 24.2 Å². The van der Waals surface area contributed by atoms with Crippen molar-refractivity contribution in [2.45, 2.75) is 24.8 Å². The van der Waals surface area contributed by atoms with Crippen LogP contribution in [-0.4, -0.2) is 35.7 Å². The number of hydrogen-bond acceptors (Lipinski definition) is 4. The molecule has 0 heterocycles.